The predicted molar refractivity (Wildman–Crippen MR) is 115 cm³/mol. The van der Waals surface area contributed by atoms with Gasteiger partial charge in [0.2, 0.25) is 11.9 Å². The minimum absolute atomic E-state index is 0.118. The SMILES string of the molecule is CC[C@@H]1C(=O)N(C)c2cnc(-n3ccnc3-c3cccnc3)nc2N1C1CCCC1. The van der Waals surface area contributed by atoms with Gasteiger partial charge in [-0.05, 0) is 31.4 Å². The van der Waals surface area contributed by atoms with Crippen LogP contribution in [-0.4, -0.2) is 49.5 Å². The first-order valence-corrected chi connectivity index (χ1v) is 10.6. The Bertz CT molecular complexity index is 1060. The van der Waals surface area contributed by atoms with Gasteiger partial charge in [-0.2, -0.15) is 4.98 Å². The highest BCUT2D eigenvalue weighted by atomic mass is 16.2. The van der Waals surface area contributed by atoms with Crippen LogP contribution in [0.4, 0.5) is 11.5 Å². The van der Waals surface area contributed by atoms with Gasteiger partial charge < -0.3 is 9.80 Å². The Morgan fingerprint density at radius 3 is 2.70 bits per heavy atom. The van der Waals surface area contributed by atoms with Crippen LogP contribution in [0.15, 0.2) is 43.1 Å². The van der Waals surface area contributed by atoms with E-state index in [1.807, 2.05) is 29.9 Å². The van der Waals surface area contributed by atoms with E-state index < -0.39 is 0 Å². The van der Waals surface area contributed by atoms with Gasteiger partial charge in [0.25, 0.3) is 0 Å². The zero-order valence-electron chi connectivity index (χ0n) is 17.3. The molecular weight excluding hydrogens is 378 g/mol. The highest BCUT2D eigenvalue weighted by molar-refractivity contribution is 6.04. The number of hydrogen-bond donors (Lipinski definition) is 0. The fourth-order valence-electron chi connectivity index (χ4n) is 4.66. The van der Waals surface area contributed by atoms with Crippen LogP contribution in [0, 0.1) is 0 Å². The molecule has 0 spiro atoms. The average Bonchev–Trinajstić information content (AvgIpc) is 3.48. The summed E-state index contributed by atoms with van der Waals surface area (Å²) in [6.07, 6.45) is 14.2. The number of nitrogens with zero attached hydrogens (tertiary/aromatic N) is 7. The van der Waals surface area contributed by atoms with Gasteiger partial charge in [-0.1, -0.05) is 19.8 Å². The van der Waals surface area contributed by atoms with Gasteiger partial charge in [0.15, 0.2) is 5.82 Å². The molecule has 3 aromatic rings. The van der Waals surface area contributed by atoms with Crippen molar-refractivity contribution in [3.8, 4) is 17.3 Å². The van der Waals surface area contributed by atoms with Crippen molar-refractivity contribution in [3.05, 3.63) is 43.1 Å². The third kappa shape index (κ3) is 2.94. The molecule has 1 saturated carbocycles. The van der Waals surface area contributed by atoms with Crippen LogP contribution >= 0.6 is 0 Å². The number of hydrogen-bond acceptors (Lipinski definition) is 6. The normalized spacial score (nSPS) is 19.4. The van der Waals surface area contributed by atoms with Crippen LogP contribution in [0.5, 0.6) is 0 Å². The number of carbonyl (C=O) groups excluding carboxylic acids is 1. The maximum atomic E-state index is 13.0. The summed E-state index contributed by atoms with van der Waals surface area (Å²) in [5.74, 6) is 2.24. The van der Waals surface area contributed by atoms with E-state index in [9.17, 15) is 4.79 Å². The second-order valence-electron chi connectivity index (χ2n) is 7.91. The van der Waals surface area contributed by atoms with Crippen LogP contribution in [0.1, 0.15) is 39.0 Å². The first-order chi connectivity index (χ1) is 14.7. The number of imidazole rings is 1. The summed E-state index contributed by atoms with van der Waals surface area (Å²) >= 11 is 0. The van der Waals surface area contributed by atoms with Gasteiger partial charge in [-0.3, -0.25) is 14.3 Å². The van der Waals surface area contributed by atoms with Gasteiger partial charge in [-0.15, -0.1) is 0 Å². The van der Waals surface area contributed by atoms with Crippen molar-refractivity contribution in [1.29, 1.82) is 0 Å². The summed E-state index contributed by atoms with van der Waals surface area (Å²) in [6.45, 7) is 2.07. The van der Waals surface area contributed by atoms with Gasteiger partial charge in [0.1, 0.15) is 17.6 Å². The molecule has 1 amide bonds. The number of carbonyl (C=O) groups is 1. The second-order valence-corrected chi connectivity index (χ2v) is 7.91. The Morgan fingerprint density at radius 2 is 1.97 bits per heavy atom. The monoisotopic (exact) mass is 403 g/mol. The molecule has 5 rings (SSSR count). The summed E-state index contributed by atoms with van der Waals surface area (Å²) in [7, 11) is 1.82. The quantitative estimate of drug-likeness (QED) is 0.665. The van der Waals surface area contributed by atoms with Gasteiger partial charge in [0.05, 0.1) is 6.20 Å². The van der Waals surface area contributed by atoms with Crippen molar-refractivity contribution in [1.82, 2.24) is 24.5 Å². The van der Waals surface area contributed by atoms with E-state index in [1.54, 1.807) is 29.7 Å². The number of aromatic nitrogens is 5. The molecule has 1 aliphatic heterocycles. The van der Waals surface area contributed by atoms with E-state index in [0.29, 0.717) is 12.0 Å². The highest BCUT2D eigenvalue weighted by Crippen LogP contribution is 2.39. The van der Waals surface area contributed by atoms with Crippen molar-refractivity contribution in [3.63, 3.8) is 0 Å². The summed E-state index contributed by atoms with van der Waals surface area (Å²) in [5, 5.41) is 0. The lowest BCUT2D eigenvalue weighted by Gasteiger charge is -2.43. The Kier molecular flexibility index (Phi) is 4.69. The third-order valence-corrected chi connectivity index (χ3v) is 6.18. The van der Waals surface area contributed by atoms with E-state index in [1.165, 1.54) is 12.8 Å². The smallest absolute Gasteiger partial charge is 0.249 e. The van der Waals surface area contributed by atoms with Crippen molar-refractivity contribution < 1.29 is 4.79 Å². The second kappa shape index (κ2) is 7.51. The Hall–Kier alpha value is -3.29. The summed E-state index contributed by atoms with van der Waals surface area (Å²) in [4.78, 5) is 35.3. The Labute approximate surface area is 175 Å². The van der Waals surface area contributed by atoms with Crippen molar-refractivity contribution in [2.75, 3.05) is 16.8 Å². The number of rotatable bonds is 4. The number of fused-ring (bicyclic) bond motifs is 1. The molecule has 0 saturated heterocycles. The molecule has 4 heterocycles. The standard InChI is InChI=1S/C22H25N7O/c1-3-17-21(30)27(2)18-14-25-22(26-20(18)29(17)16-8-4-5-9-16)28-12-11-24-19(28)15-7-6-10-23-13-15/h6-7,10-14,16-17H,3-5,8-9H2,1-2H3/t17-/m1/s1. The number of likely N-dealkylation sites (N-methyl/N-ethyl adjacent to an activating group) is 1. The molecule has 0 unspecified atom stereocenters. The molecular formula is C22H25N7O. The molecule has 3 aromatic heterocycles. The molecule has 1 aliphatic carbocycles. The zero-order chi connectivity index (χ0) is 20.7. The minimum atomic E-state index is -0.186. The van der Waals surface area contributed by atoms with E-state index in [0.717, 1.165) is 42.2 Å². The molecule has 0 radical (unpaired) electrons. The number of anilines is 2. The maximum Gasteiger partial charge on any atom is 0.249 e. The maximum absolute atomic E-state index is 13.0. The van der Waals surface area contributed by atoms with Gasteiger partial charge >= 0.3 is 0 Å². The molecule has 0 bridgehead atoms. The molecule has 2 aliphatic rings. The lowest BCUT2D eigenvalue weighted by molar-refractivity contribution is -0.120. The van der Waals surface area contributed by atoms with Gasteiger partial charge in [0, 0.05) is 43.4 Å². The van der Waals surface area contributed by atoms with E-state index in [2.05, 4.69) is 26.8 Å². The Morgan fingerprint density at radius 1 is 1.13 bits per heavy atom. The van der Waals surface area contributed by atoms with Crippen LogP contribution < -0.4 is 9.80 Å². The summed E-state index contributed by atoms with van der Waals surface area (Å²) < 4.78 is 1.88. The summed E-state index contributed by atoms with van der Waals surface area (Å²) in [6, 6.07) is 4.01. The fourth-order valence-corrected chi connectivity index (χ4v) is 4.66. The molecule has 0 N–H and O–H groups in total. The van der Waals surface area contributed by atoms with Crippen molar-refractivity contribution in [2.24, 2.45) is 0 Å². The minimum Gasteiger partial charge on any atom is -0.340 e. The molecule has 0 aromatic carbocycles. The lowest BCUT2D eigenvalue weighted by Crippen LogP contribution is -2.55. The number of pyridine rings is 1. The average molecular weight is 403 g/mol. The first-order valence-electron chi connectivity index (χ1n) is 10.6. The highest BCUT2D eigenvalue weighted by Gasteiger charge is 2.41. The molecule has 1 atom stereocenters. The molecule has 154 valence electrons. The molecule has 1 fully saturated rings. The van der Waals surface area contributed by atoms with E-state index >= 15 is 0 Å². The van der Waals surface area contributed by atoms with Crippen molar-refractivity contribution >= 4 is 17.4 Å². The zero-order valence-corrected chi connectivity index (χ0v) is 17.3. The fraction of sp³-hybridized carbons (Fsp3) is 0.409. The predicted octanol–water partition coefficient (Wildman–Crippen LogP) is 3.23. The number of amides is 1. The van der Waals surface area contributed by atoms with E-state index in [-0.39, 0.29) is 11.9 Å². The van der Waals surface area contributed by atoms with Crippen LogP contribution in [0.25, 0.3) is 17.3 Å². The van der Waals surface area contributed by atoms with Gasteiger partial charge in [-0.25, -0.2) is 9.97 Å². The summed E-state index contributed by atoms with van der Waals surface area (Å²) in [5.41, 5.74) is 1.67. The largest absolute Gasteiger partial charge is 0.340 e. The first kappa shape index (κ1) is 18.7. The Balaban J connectivity index is 1.63. The van der Waals surface area contributed by atoms with Crippen LogP contribution in [-0.2, 0) is 4.79 Å². The van der Waals surface area contributed by atoms with Crippen LogP contribution in [0.3, 0.4) is 0 Å². The molecule has 30 heavy (non-hydrogen) atoms. The van der Waals surface area contributed by atoms with Crippen LogP contribution in [0.2, 0.25) is 0 Å². The molecule has 8 nitrogen and oxygen atoms in total. The topological polar surface area (TPSA) is 80.0 Å². The third-order valence-electron chi connectivity index (χ3n) is 6.18. The molecule has 8 heteroatoms. The lowest BCUT2D eigenvalue weighted by atomic mass is 10.0. The van der Waals surface area contributed by atoms with E-state index in [4.69, 9.17) is 4.98 Å². The van der Waals surface area contributed by atoms with Crippen molar-refractivity contribution in [2.45, 2.75) is 51.1 Å².